The molecule has 0 radical (unpaired) electrons. The van der Waals surface area contributed by atoms with Crippen LogP contribution in [-0.4, -0.2) is 10.9 Å². The second kappa shape index (κ2) is 4.43. The highest BCUT2D eigenvalue weighted by Crippen LogP contribution is 2.28. The van der Waals surface area contributed by atoms with Crippen molar-refractivity contribution in [2.45, 2.75) is 38.6 Å². The molecule has 1 aromatic heterocycles. The molecule has 80 valence electrons. The highest BCUT2D eigenvalue weighted by Gasteiger charge is 2.24. The number of aryl methyl sites for hydroxylation is 1. The summed E-state index contributed by atoms with van der Waals surface area (Å²) in [6.45, 7) is 2.01. The molecule has 1 N–H and O–H groups in total. The lowest BCUT2D eigenvalue weighted by Crippen LogP contribution is -2.27. The van der Waals surface area contributed by atoms with E-state index in [1.807, 2.05) is 13.0 Å². The molecule has 1 aliphatic rings. The van der Waals surface area contributed by atoms with Crippen LogP contribution >= 0.6 is 0 Å². The minimum atomic E-state index is 0.139. The van der Waals surface area contributed by atoms with Crippen LogP contribution in [0.3, 0.4) is 0 Å². The van der Waals surface area contributed by atoms with E-state index >= 15 is 0 Å². The molecule has 2 rings (SSSR count). The second-order valence-corrected chi connectivity index (χ2v) is 3.96. The first-order valence-corrected chi connectivity index (χ1v) is 5.54. The Hall–Kier alpha value is -1.38. The Morgan fingerprint density at radius 1 is 1.67 bits per heavy atom. The molecule has 1 atom stereocenters. The molecule has 0 bridgehead atoms. The van der Waals surface area contributed by atoms with E-state index in [1.54, 1.807) is 6.20 Å². The van der Waals surface area contributed by atoms with Gasteiger partial charge in [0, 0.05) is 12.6 Å². The smallest absolute Gasteiger partial charge is 0.220 e. The number of hydrogen-bond donors (Lipinski definition) is 1. The lowest BCUT2D eigenvalue weighted by atomic mass is 10.2. The first kappa shape index (κ1) is 10.1. The van der Waals surface area contributed by atoms with Gasteiger partial charge >= 0.3 is 0 Å². The summed E-state index contributed by atoms with van der Waals surface area (Å²) in [6, 6.07) is 4.18. The maximum absolute atomic E-state index is 11.5. The summed E-state index contributed by atoms with van der Waals surface area (Å²) in [5.41, 5.74) is 2.33. The van der Waals surface area contributed by atoms with E-state index in [1.165, 1.54) is 5.56 Å². The molecule has 1 unspecified atom stereocenters. The second-order valence-electron chi connectivity index (χ2n) is 3.96. The Bertz CT molecular complexity index is 362. The number of carbonyl (C=O) groups is 1. The molecule has 0 fully saturated rings. The van der Waals surface area contributed by atoms with Crippen LogP contribution in [0.4, 0.5) is 0 Å². The third-order valence-electron chi connectivity index (χ3n) is 2.77. The van der Waals surface area contributed by atoms with Crippen LogP contribution in [-0.2, 0) is 11.2 Å². The van der Waals surface area contributed by atoms with Gasteiger partial charge < -0.3 is 5.32 Å². The van der Waals surface area contributed by atoms with Gasteiger partial charge in [0.25, 0.3) is 0 Å². The standard InChI is InChI=1S/C12H16N2O/c1-2-4-11(15)14-10-7-6-9-5-3-8-13-12(9)10/h3,5,8,10H,2,4,6-7H2,1H3,(H,14,15). The molecular weight excluding hydrogens is 188 g/mol. The average molecular weight is 204 g/mol. The molecule has 3 heteroatoms. The van der Waals surface area contributed by atoms with Gasteiger partial charge in [0.2, 0.25) is 5.91 Å². The van der Waals surface area contributed by atoms with Crippen LogP contribution < -0.4 is 5.32 Å². The molecular formula is C12H16N2O. The van der Waals surface area contributed by atoms with E-state index in [2.05, 4.69) is 16.4 Å². The van der Waals surface area contributed by atoms with Gasteiger partial charge in [0.15, 0.2) is 0 Å². The highest BCUT2D eigenvalue weighted by atomic mass is 16.1. The predicted octanol–water partition coefficient (Wildman–Crippen LogP) is 1.99. The molecule has 0 aromatic carbocycles. The molecule has 15 heavy (non-hydrogen) atoms. The summed E-state index contributed by atoms with van der Waals surface area (Å²) >= 11 is 0. The van der Waals surface area contributed by atoms with E-state index in [0.29, 0.717) is 6.42 Å². The van der Waals surface area contributed by atoms with Crippen LogP contribution in [0.15, 0.2) is 18.3 Å². The van der Waals surface area contributed by atoms with Crippen LogP contribution in [0.5, 0.6) is 0 Å². The number of fused-ring (bicyclic) bond motifs is 1. The number of carbonyl (C=O) groups excluding carboxylic acids is 1. The van der Waals surface area contributed by atoms with Crippen LogP contribution in [0.25, 0.3) is 0 Å². The molecule has 1 aliphatic carbocycles. The maximum atomic E-state index is 11.5. The van der Waals surface area contributed by atoms with Crippen LogP contribution in [0, 0.1) is 0 Å². The van der Waals surface area contributed by atoms with Gasteiger partial charge in [-0.15, -0.1) is 0 Å². The number of rotatable bonds is 3. The average Bonchev–Trinajstić information content (AvgIpc) is 2.62. The first-order chi connectivity index (χ1) is 7.31. The minimum absolute atomic E-state index is 0.139. The number of pyridine rings is 1. The maximum Gasteiger partial charge on any atom is 0.220 e. The van der Waals surface area contributed by atoms with Crippen molar-refractivity contribution in [2.75, 3.05) is 0 Å². The van der Waals surface area contributed by atoms with Crippen LogP contribution in [0.2, 0.25) is 0 Å². The SMILES string of the molecule is CCCC(=O)NC1CCc2cccnc21. The van der Waals surface area contributed by atoms with Crippen LogP contribution in [0.1, 0.15) is 43.5 Å². The van der Waals surface area contributed by atoms with Gasteiger partial charge in [0.05, 0.1) is 11.7 Å². The Morgan fingerprint density at radius 3 is 3.33 bits per heavy atom. The van der Waals surface area contributed by atoms with Gasteiger partial charge in [-0.3, -0.25) is 9.78 Å². The van der Waals surface area contributed by atoms with Crippen molar-refractivity contribution in [3.8, 4) is 0 Å². The van der Waals surface area contributed by atoms with E-state index in [9.17, 15) is 4.79 Å². The molecule has 0 spiro atoms. The third kappa shape index (κ3) is 2.17. The largest absolute Gasteiger partial charge is 0.348 e. The summed E-state index contributed by atoms with van der Waals surface area (Å²) in [5, 5.41) is 3.03. The van der Waals surface area contributed by atoms with Gasteiger partial charge in [-0.05, 0) is 30.9 Å². The zero-order valence-corrected chi connectivity index (χ0v) is 8.99. The third-order valence-corrected chi connectivity index (χ3v) is 2.77. The van der Waals surface area contributed by atoms with E-state index in [0.717, 1.165) is 25.0 Å². The molecule has 1 aromatic rings. The van der Waals surface area contributed by atoms with Gasteiger partial charge in [-0.1, -0.05) is 13.0 Å². The van der Waals surface area contributed by atoms with Crippen molar-refractivity contribution in [3.63, 3.8) is 0 Å². The number of nitrogens with zero attached hydrogens (tertiary/aromatic N) is 1. The zero-order chi connectivity index (χ0) is 10.7. The fourth-order valence-corrected chi connectivity index (χ4v) is 2.05. The molecule has 1 heterocycles. The van der Waals surface area contributed by atoms with Gasteiger partial charge in [-0.25, -0.2) is 0 Å². The summed E-state index contributed by atoms with van der Waals surface area (Å²) in [6.07, 6.45) is 5.32. The quantitative estimate of drug-likeness (QED) is 0.818. The minimum Gasteiger partial charge on any atom is -0.348 e. The number of hydrogen-bond acceptors (Lipinski definition) is 2. The number of amides is 1. The lowest BCUT2D eigenvalue weighted by Gasteiger charge is -2.12. The Kier molecular flexibility index (Phi) is 2.99. The molecule has 0 saturated heterocycles. The lowest BCUT2D eigenvalue weighted by molar-refractivity contribution is -0.121. The van der Waals surface area contributed by atoms with Crippen molar-refractivity contribution >= 4 is 5.91 Å². The molecule has 0 aliphatic heterocycles. The zero-order valence-electron chi connectivity index (χ0n) is 8.99. The monoisotopic (exact) mass is 204 g/mol. The van der Waals surface area contributed by atoms with E-state index in [4.69, 9.17) is 0 Å². The summed E-state index contributed by atoms with van der Waals surface area (Å²) < 4.78 is 0. The van der Waals surface area contributed by atoms with Gasteiger partial charge in [-0.2, -0.15) is 0 Å². The Labute approximate surface area is 89.9 Å². The van der Waals surface area contributed by atoms with Crippen molar-refractivity contribution in [1.82, 2.24) is 10.3 Å². The number of nitrogens with one attached hydrogen (secondary N) is 1. The molecule has 1 amide bonds. The highest BCUT2D eigenvalue weighted by molar-refractivity contribution is 5.76. The summed E-state index contributed by atoms with van der Waals surface area (Å²) in [5.74, 6) is 0.140. The number of aromatic nitrogens is 1. The van der Waals surface area contributed by atoms with Crippen molar-refractivity contribution < 1.29 is 4.79 Å². The predicted molar refractivity (Wildman–Crippen MR) is 58.3 cm³/mol. The fraction of sp³-hybridized carbons (Fsp3) is 0.500. The first-order valence-electron chi connectivity index (χ1n) is 5.54. The molecule has 0 saturated carbocycles. The Balaban J connectivity index is 2.04. The van der Waals surface area contributed by atoms with Gasteiger partial charge in [0.1, 0.15) is 0 Å². The molecule has 3 nitrogen and oxygen atoms in total. The van der Waals surface area contributed by atoms with E-state index < -0.39 is 0 Å². The summed E-state index contributed by atoms with van der Waals surface area (Å²) in [4.78, 5) is 15.8. The normalized spacial score (nSPS) is 18.6. The fourth-order valence-electron chi connectivity index (χ4n) is 2.05. The topological polar surface area (TPSA) is 42.0 Å². The van der Waals surface area contributed by atoms with E-state index in [-0.39, 0.29) is 11.9 Å². The van der Waals surface area contributed by atoms with Crippen molar-refractivity contribution in [3.05, 3.63) is 29.6 Å². The van der Waals surface area contributed by atoms with Crippen molar-refractivity contribution in [2.24, 2.45) is 0 Å². The van der Waals surface area contributed by atoms with Crippen molar-refractivity contribution in [1.29, 1.82) is 0 Å². The summed E-state index contributed by atoms with van der Waals surface area (Å²) in [7, 11) is 0. The Morgan fingerprint density at radius 2 is 2.53 bits per heavy atom.